The van der Waals surface area contributed by atoms with Crippen LogP contribution < -0.4 is 5.32 Å². The summed E-state index contributed by atoms with van der Waals surface area (Å²) in [6.45, 7) is 6.02. The van der Waals surface area contributed by atoms with Gasteiger partial charge in [-0.25, -0.2) is 8.42 Å². The SMILES string of the molecule is CCS(=O)(=O)N1Cc2ccccc2CC1C(=O)Nc1cccc(C(C)C)c1. The van der Waals surface area contributed by atoms with Crippen LogP contribution in [0.1, 0.15) is 43.4 Å². The van der Waals surface area contributed by atoms with Crippen molar-refractivity contribution >= 4 is 21.6 Å². The van der Waals surface area contributed by atoms with E-state index >= 15 is 0 Å². The van der Waals surface area contributed by atoms with Crippen LogP contribution in [0.3, 0.4) is 0 Å². The second kappa shape index (κ2) is 7.82. The number of anilines is 1. The third kappa shape index (κ3) is 4.22. The summed E-state index contributed by atoms with van der Waals surface area (Å²) in [6.07, 6.45) is 0.380. The normalized spacial score (nSPS) is 17.6. The molecule has 1 heterocycles. The molecular formula is C21H26N2O3S. The van der Waals surface area contributed by atoms with Crippen molar-refractivity contribution in [1.29, 1.82) is 0 Å². The molecule has 0 aliphatic carbocycles. The van der Waals surface area contributed by atoms with Crippen molar-refractivity contribution in [2.75, 3.05) is 11.1 Å². The molecule has 0 radical (unpaired) electrons. The van der Waals surface area contributed by atoms with E-state index in [2.05, 4.69) is 19.2 Å². The molecule has 0 aromatic heterocycles. The molecule has 1 amide bonds. The molecule has 0 saturated carbocycles. The molecule has 3 rings (SSSR count). The molecule has 1 unspecified atom stereocenters. The van der Waals surface area contributed by atoms with Gasteiger partial charge in [-0.3, -0.25) is 4.79 Å². The number of carbonyl (C=O) groups excluding carboxylic acids is 1. The van der Waals surface area contributed by atoms with Crippen molar-refractivity contribution in [1.82, 2.24) is 4.31 Å². The lowest BCUT2D eigenvalue weighted by atomic mass is 9.95. The van der Waals surface area contributed by atoms with E-state index in [1.807, 2.05) is 48.5 Å². The van der Waals surface area contributed by atoms with Crippen LogP contribution in [-0.4, -0.2) is 30.4 Å². The van der Waals surface area contributed by atoms with Gasteiger partial charge < -0.3 is 5.32 Å². The Hall–Kier alpha value is -2.18. The molecular weight excluding hydrogens is 360 g/mol. The fraction of sp³-hybridized carbons (Fsp3) is 0.381. The van der Waals surface area contributed by atoms with Crippen molar-refractivity contribution in [3.8, 4) is 0 Å². The molecule has 1 N–H and O–H groups in total. The van der Waals surface area contributed by atoms with E-state index in [9.17, 15) is 13.2 Å². The van der Waals surface area contributed by atoms with Crippen LogP contribution in [0.25, 0.3) is 0 Å². The maximum atomic E-state index is 13.0. The molecule has 27 heavy (non-hydrogen) atoms. The fourth-order valence-corrected chi connectivity index (χ4v) is 4.61. The zero-order chi connectivity index (χ0) is 19.6. The first kappa shape index (κ1) is 19.6. The summed E-state index contributed by atoms with van der Waals surface area (Å²) in [5.41, 5.74) is 3.80. The molecule has 1 aliphatic heterocycles. The highest BCUT2D eigenvalue weighted by Gasteiger charge is 2.37. The van der Waals surface area contributed by atoms with Crippen molar-refractivity contribution < 1.29 is 13.2 Å². The fourth-order valence-electron chi connectivity index (χ4n) is 3.38. The standard InChI is InChI=1S/C21H26N2O3S/c1-4-27(25,26)23-14-18-9-6-5-8-17(18)13-20(23)21(24)22-19-11-7-10-16(12-19)15(2)3/h5-12,15,20H,4,13-14H2,1-3H3,(H,22,24). The Labute approximate surface area is 161 Å². The predicted octanol–water partition coefficient (Wildman–Crippen LogP) is 3.53. The van der Waals surface area contributed by atoms with Crippen LogP contribution in [0.2, 0.25) is 0 Å². The summed E-state index contributed by atoms with van der Waals surface area (Å²) < 4.78 is 26.6. The number of nitrogens with one attached hydrogen (secondary N) is 1. The van der Waals surface area contributed by atoms with Gasteiger partial charge in [-0.15, -0.1) is 0 Å². The first-order valence-corrected chi connectivity index (χ1v) is 10.9. The molecule has 0 fully saturated rings. The minimum Gasteiger partial charge on any atom is -0.325 e. The molecule has 2 aromatic carbocycles. The molecule has 5 nitrogen and oxygen atoms in total. The summed E-state index contributed by atoms with van der Waals surface area (Å²) in [5, 5.41) is 2.92. The highest BCUT2D eigenvalue weighted by Crippen LogP contribution is 2.27. The second-order valence-corrected chi connectivity index (χ2v) is 9.41. The van der Waals surface area contributed by atoms with E-state index in [4.69, 9.17) is 0 Å². The van der Waals surface area contributed by atoms with Gasteiger partial charge in [0.15, 0.2) is 0 Å². The molecule has 2 aromatic rings. The van der Waals surface area contributed by atoms with Gasteiger partial charge in [-0.2, -0.15) is 4.31 Å². The number of hydrogen-bond donors (Lipinski definition) is 1. The van der Waals surface area contributed by atoms with E-state index in [1.54, 1.807) is 6.92 Å². The van der Waals surface area contributed by atoms with Gasteiger partial charge in [0.1, 0.15) is 6.04 Å². The zero-order valence-corrected chi connectivity index (χ0v) is 16.8. The van der Waals surface area contributed by atoms with Crippen LogP contribution in [0.15, 0.2) is 48.5 Å². The maximum absolute atomic E-state index is 13.0. The largest absolute Gasteiger partial charge is 0.325 e. The topological polar surface area (TPSA) is 66.5 Å². The lowest BCUT2D eigenvalue weighted by Crippen LogP contribution is -2.51. The summed E-state index contributed by atoms with van der Waals surface area (Å²) in [6, 6.07) is 14.7. The van der Waals surface area contributed by atoms with Gasteiger partial charge in [-0.1, -0.05) is 50.2 Å². The Morgan fingerprint density at radius 3 is 2.52 bits per heavy atom. The number of fused-ring (bicyclic) bond motifs is 1. The predicted molar refractivity (Wildman–Crippen MR) is 108 cm³/mol. The third-order valence-electron chi connectivity index (χ3n) is 5.05. The molecule has 1 atom stereocenters. The summed E-state index contributed by atoms with van der Waals surface area (Å²) >= 11 is 0. The molecule has 0 bridgehead atoms. The van der Waals surface area contributed by atoms with Crippen molar-refractivity contribution in [3.63, 3.8) is 0 Å². The van der Waals surface area contributed by atoms with Crippen LogP contribution in [0, 0.1) is 0 Å². The molecule has 144 valence electrons. The Morgan fingerprint density at radius 1 is 1.15 bits per heavy atom. The highest BCUT2D eigenvalue weighted by molar-refractivity contribution is 7.89. The average Bonchev–Trinajstić information content (AvgIpc) is 2.67. The minimum absolute atomic E-state index is 0.0260. The third-order valence-corrected chi connectivity index (χ3v) is 6.88. The summed E-state index contributed by atoms with van der Waals surface area (Å²) in [5.74, 6) is 0.0321. The van der Waals surface area contributed by atoms with Gasteiger partial charge in [0.05, 0.1) is 5.75 Å². The first-order valence-electron chi connectivity index (χ1n) is 9.29. The number of carbonyl (C=O) groups is 1. The van der Waals surface area contributed by atoms with E-state index in [0.29, 0.717) is 18.0 Å². The Kier molecular flexibility index (Phi) is 5.67. The number of nitrogens with zero attached hydrogens (tertiary/aromatic N) is 1. The van der Waals surface area contributed by atoms with Crippen LogP contribution in [0.5, 0.6) is 0 Å². The van der Waals surface area contributed by atoms with Gasteiger partial charge >= 0.3 is 0 Å². The molecule has 0 saturated heterocycles. The van der Waals surface area contributed by atoms with E-state index in [1.165, 1.54) is 4.31 Å². The quantitative estimate of drug-likeness (QED) is 0.855. The maximum Gasteiger partial charge on any atom is 0.243 e. The van der Waals surface area contributed by atoms with Crippen molar-refractivity contribution in [2.24, 2.45) is 0 Å². The Balaban J connectivity index is 1.90. The number of benzene rings is 2. The lowest BCUT2D eigenvalue weighted by Gasteiger charge is -2.34. The van der Waals surface area contributed by atoms with Gasteiger partial charge in [-0.05, 0) is 48.1 Å². The van der Waals surface area contributed by atoms with E-state index < -0.39 is 16.1 Å². The second-order valence-electron chi connectivity index (χ2n) is 7.20. The molecule has 1 aliphatic rings. The Bertz CT molecular complexity index is 938. The molecule has 0 spiro atoms. The first-order chi connectivity index (χ1) is 12.8. The monoisotopic (exact) mass is 386 g/mol. The van der Waals surface area contributed by atoms with Gasteiger partial charge in [0.2, 0.25) is 15.9 Å². The van der Waals surface area contributed by atoms with Crippen molar-refractivity contribution in [3.05, 3.63) is 65.2 Å². The van der Waals surface area contributed by atoms with Gasteiger partial charge in [0, 0.05) is 12.2 Å². The smallest absolute Gasteiger partial charge is 0.243 e. The summed E-state index contributed by atoms with van der Waals surface area (Å²) in [4.78, 5) is 13.0. The number of hydrogen-bond acceptors (Lipinski definition) is 3. The number of amides is 1. The van der Waals surface area contributed by atoms with Crippen LogP contribution in [0.4, 0.5) is 5.69 Å². The molecule has 6 heteroatoms. The highest BCUT2D eigenvalue weighted by atomic mass is 32.2. The van der Waals surface area contributed by atoms with Crippen LogP contribution >= 0.6 is 0 Å². The van der Waals surface area contributed by atoms with Crippen LogP contribution in [-0.2, 0) is 27.8 Å². The minimum atomic E-state index is -3.50. The van der Waals surface area contributed by atoms with Gasteiger partial charge in [0.25, 0.3) is 0 Å². The average molecular weight is 387 g/mol. The van der Waals surface area contributed by atoms with Crippen molar-refractivity contribution in [2.45, 2.75) is 45.7 Å². The van der Waals surface area contributed by atoms with E-state index in [0.717, 1.165) is 16.7 Å². The lowest BCUT2D eigenvalue weighted by molar-refractivity contribution is -0.120. The van der Waals surface area contributed by atoms with E-state index in [-0.39, 0.29) is 18.2 Å². The number of sulfonamides is 1. The Morgan fingerprint density at radius 2 is 1.85 bits per heavy atom. The number of rotatable bonds is 5. The summed E-state index contributed by atoms with van der Waals surface area (Å²) in [7, 11) is -3.50. The zero-order valence-electron chi connectivity index (χ0n) is 16.0.